The molecule has 2 fully saturated rings. The minimum atomic E-state index is -0.478. The summed E-state index contributed by atoms with van der Waals surface area (Å²) in [6, 6.07) is 5.80. The molecule has 8 nitrogen and oxygen atoms in total. The molecule has 3 atom stereocenters. The summed E-state index contributed by atoms with van der Waals surface area (Å²) in [6.07, 6.45) is 0.707. The number of nitrogens with zero attached hydrogens (tertiary/aromatic N) is 3. The largest absolute Gasteiger partial charge is 0.445 e. The summed E-state index contributed by atoms with van der Waals surface area (Å²) in [5.74, 6) is 0.0758. The van der Waals surface area contributed by atoms with Gasteiger partial charge in [-0.25, -0.2) is 4.79 Å². The SMILES string of the molecule is CN1C(=O)CC1[C@@H]1C[C@H](S)CN1C(=O)OCc1ccc([N+](=O)[O-])cc1. The molecule has 0 N–H and O–H groups in total. The van der Waals surface area contributed by atoms with Crippen LogP contribution in [0.15, 0.2) is 24.3 Å². The minimum absolute atomic E-state index is 0.00899. The van der Waals surface area contributed by atoms with E-state index in [1.54, 1.807) is 29.0 Å². The molecule has 0 bridgehead atoms. The standard InChI is InChI=1S/C16H19N3O5S/c1-17-13(7-15(17)20)14-6-12(25)8-18(14)16(21)24-9-10-2-4-11(5-3-10)19(22)23/h2-5,12-14,25H,6-9H2,1H3/t12-,13?,14-/m0/s1. The summed E-state index contributed by atoms with van der Waals surface area (Å²) in [5.41, 5.74) is 0.665. The average molecular weight is 365 g/mol. The number of carbonyl (C=O) groups is 2. The molecule has 2 aliphatic rings. The zero-order chi connectivity index (χ0) is 18.1. The summed E-state index contributed by atoms with van der Waals surface area (Å²) in [6.45, 7) is 0.516. The number of β-lactam (4-membered cyclic amide) rings is 1. The van der Waals surface area contributed by atoms with E-state index in [9.17, 15) is 19.7 Å². The molecule has 9 heteroatoms. The van der Waals surface area contributed by atoms with Crippen LogP contribution in [0.5, 0.6) is 0 Å². The lowest BCUT2D eigenvalue weighted by Gasteiger charge is -2.43. The van der Waals surface area contributed by atoms with E-state index in [1.807, 2.05) is 0 Å². The van der Waals surface area contributed by atoms with E-state index in [4.69, 9.17) is 4.74 Å². The van der Waals surface area contributed by atoms with E-state index in [1.165, 1.54) is 12.1 Å². The van der Waals surface area contributed by atoms with Gasteiger partial charge in [-0.15, -0.1) is 0 Å². The third-order valence-electron chi connectivity index (χ3n) is 4.78. The van der Waals surface area contributed by atoms with Crippen molar-refractivity contribution >= 4 is 30.3 Å². The number of amides is 2. The Morgan fingerprint density at radius 3 is 2.60 bits per heavy atom. The van der Waals surface area contributed by atoms with E-state index < -0.39 is 11.0 Å². The highest BCUT2D eigenvalue weighted by Crippen LogP contribution is 2.32. The van der Waals surface area contributed by atoms with Crippen molar-refractivity contribution in [3.63, 3.8) is 0 Å². The van der Waals surface area contributed by atoms with Crippen LogP contribution >= 0.6 is 12.6 Å². The van der Waals surface area contributed by atoms with Gasteiger partial charge in [0.15, 0.2) is 0 Å². The second-order valence-electron chi connectivity index (χ2n) is 6.36. The van der Waals surface area contributed by atoms with Crippen LogP contribution in [-0.4, -0.2) is 57.6 Å². The molecule has 25 heavy (non-hydrogen) atoms. The molecular weight excluding hydrogens is 346 g/mol. The maximum absolute atomic E-state index is 12.4. The second-order valence-corrected chi connectivity index (χ2v) is 7.09. The van der Waals surface area contributed by atoms with E-state index in [2.05, 4.69) is 12.6 Å². The number of nitro groups is 1. The van der Waals surface area contributed by atoms with E-state index in [0.29, 0.717) is 18.5 Å². The molecule has 2 amide bonds. The zero-order valence-corrected chi connectivity index (χ0v) is 14.6. The summed E-state index contributed by atoms with van der Waals surface area (Å²) < 4.78 is 5.35. The maximum Gasteiger partial charge on any atom is 0.410 e. The van der Waals surface area contributed by atoms with Crippen molar-refractivity contribution in [2.24, 2.45) is 0 Å². The molecule has 0 aromatic heterocycles. The molecule has 0 saturated carbocycles. The Morgan fingerprint density at radius 2 is 2.04 bits per heavy atom. The molecule has 1 aromatic rings. The van der Waals surface area contributed by atoms with Gasteiger partial charge in [-0.1, -0.05) is 0 Å². The van der Waals surface area contributed by atoms with Crippen LogP contribution in [0.4, 0.5) is 10.5 Å². The summed E-state index contributed by atoms with van der Waals surface area (Å²) in [5, 5.41) is 10.7. The van der Waals surface area contributed by atoms with Gasteiger partial charge in [-0.2, -0.15) is 12.6 Å². The normalized spacial score (nSPS) is 25.7. The highest BCUT2D eigenvalue weighted by Gasteiger charge is 2.47. The van der Waals surface area contributed by atoms with Crippen molar-refractivity contribution in [2.45, 2.75) is 36.8 Å². The van der Waals surface area contributed by atoms with Gasteiger partial charge < -0.3 is 14.5 Å². The number of carbonyl (C=O) groups excluding carboxylic acids is 2. The van der Waals surface area contributed by atoms with Crippen molar-refractivity contribution in [3.8, 4) is 0 Å². The van der Waals surface area contributed by atoms with Gasteiger partial charge in [0, 0.05) is 37.4 Å². The topological polar surface area (TPSA) is 93.0 Å². The number of hydrogen-bond acceptors (Lipinski definition) is 6. The van der Waals surface area contributed by atoms with Gasteiger partial charge in [-0.3, -0.25) is 14.9 Å². The van der Waals surface area contributed by atoms with Crippen LogP contribution in [0.3, 0.4) is 0 Å². The summed E-state index contributed by atoms with van der Waals surface area (Å²) in [7, 11) is 1.74. The van der Waals surface area contributed by atoms with Crippen LogP contribution in [0, 0.1) is 10.1 Å². The van der Waals surface area contributed by atoms with Crippen LogP contribution < -0.4 is 0 Å². The summed E-state index contributed by atoms with van der Waals surface area (Å²) in [4.78, 5) is 37.4. The first-order chi connectivity index (χ1) is 11.9. The van der Waals surface area contributed by atoms with Gasteiger partial charge in [0.1, 0.15) is 6.61 Å². The fourth-order valence-corrected chi connectivity index (χ4v) is 3.68. The monoisotopic (exact) mass is 365 g/mol. The van der Waals surface area contributed by atoms with Crippen molar-refractivity contribution in [1.82, 2.24) is 9.80 Å². The van der Waals surface area contributed by atoms with Crippen molar-refractivity contribution < 1.29 is 19.2 Å². The lowest BCUT2D eigenvalue weighted by atomic mass is 9.93. The number of non-ortho nitro benzene ring substituents is 1. The molecule has 2 aliphatic heterocycles. The quantitative estimate of drug-likeness (QED) is 0.380. The first-order valence-corrected chi connectivity index (χ1v) is 8.49. The Labute approximate surface area is 150 Å². The van der Waals surface area contributed by atoms with Crippen LogP contribution in [0.2, 0.25) is 0 Å². The Morgan fingerprint density at radius 1 is 1.36 bits per heavy atom. The second kappa shape index (κ2) is 6.91. The fourth-order valence-electron chi connectivity index (χ4n) is 3.29. The molecule has 134 valence electrons. The molecule has 2 heterocycles. The molecule has 0 spiro atoms. The van der Waals surface area contributed by atoms with E-state index in [0.717, 1.165) is 6.42 Å². The first kappa shape index (κ1) is 17.5. The van der Waals surface area contributed by atoms with Gasteiger partial charge in [0.05, 0.1) is 17.0 Å². The number of likely N-dealkylation sites (tertiary alicyclic amines) is 2. The maximum atomic E-state index is 12.4. The number of likely N-dealkylation sites (N-methyl/N-ethyl adjacent to an activating group) is 1. The number of ether oxygens (including phenoxy) is 1. The molecule has 1 unspecified atom stereocenters. The van der Waals surface area contributed by atoms with E-state index >= 15 is 0 Å². The highest BCUT2D eigenvalue weighted by molar-refractivity contribution is 7.81. The number of thiol groups is 1. The number of benzene rings is 1. The fraction of sp³-hybridized carbons (Fsp3) is 0.500. The highest BCUT2D eigenvalue weighted by atomic mass is 32.1. The van der Waals surface area contributed by atoms with Gasteiger partial charge in [0.25, 0.3) is 5.69 Å². The number of hydrogen-bond donors (Lipinski definition) is 1. The van der Waals surface area contributed by atoms with Crippen LogP contribution in [0.25, 0.3) is 0 Å². The molecule has 0 radical (unpaired) electrons. The Bertz CT molecular complexity index is 696. The molecule has 1 aromatic carbocycles. The van der Waals surface area contributed by atoms with E-state index in [-0.39, 0.29) is 35.5 Å². The molecular formula is C16H19N3O5S. The zero-order valence-electron chi connectivity index (χ0n) is 13.7. The smallest absolute Gasteiger partial charge is 0.410 e. The van der Waals surface area contributed by atoms with Gasteiger partial charge >= 0.3 is 6.09 Å². The van der Waals surface area contributed by atoms with Gasteiger partial charge in [0.2, 0.25) is 5.91 Å². The average Bonchev–Trinajstić information content (AvgIpc) is 2.98. The van der Waals surface area contributed by atoms with Crippen molar-refractivity contribution in [2.75, 3.05) is 13.6 Å². The third-order valence-corrected chi connectivity index (χ3v) is 5.16. The molecule has 2 saturated heterocycles. The van der Waals surface area contributed by atoms with Crippen LogP contribution in [-0.2, 0) is 16.1 Å². The van der Waals surface area contributed by atoms with Gasteiger partial charge in [-0.05, 0) is 24.1 Å². The third kappa shape index (κ3) is 3.55. The molecule has 0 aliphatic carbocycles. The Hall–Kier alpha value is -2.29. The van der Waals surface area contributed by atoms with Crippen molar-refractivity contribution in [3.05, 3.63) is 39.9 Å². The summed E-state index contributed by atoms with van der Waals surface area (Å²) >= 11 is 4.47. The van der Waals surface area contributed by atoms with Crippen LogP contribution in [0.1, 0.15) is 18.4 Å². The number of rotatable bonds is 4. The predicted octanol–water partition coefficient (Wildman–Crippen LogP) is 1.83. The molecule has 3 rings (SSSR count). The predicted molar refractivity (Wildman–Crippen MR) is 92.3 cm³/mol. The lowest BCUT2D eigenvalue weighted by Crippen LogP contribution is -2.59. The minimum Gasteiger partial charge on any atom is -0.445 e. The van der Waals surface area contributed by atoms with Crippen molar-refractivity contribution in [1.29, 1.82) is 0 Å². The Kier molecular flexibility index (Phi) is 4.85. The lowest BCUT2D eigenvalue weighted by molar-refractivity contribution is -0.384. The first-order valence-electron chi connectivity index (χ1n) is 7.97. The Balaban J connectivity index is 1.59. The number of nitro benzene ring substituents is 1.